The molecule has 1 heterocycles. The van der Waals surface area contributed by atoms with Crippen molar-refractivity contribution in [2.75, 3.05) is 18.6 Å². The van der Waals surface area contributed by atoms with Crippen LogP contribution in [0, 0.1) is 0 Å². The van der Waals surface area contributed by atoms with Crippen molar-refractivity contribution in [1.82, 2.24) is 9.97 Å². The lowest BCUT2D eigenvalue weighted by Crippen LogP contribution is -2.29. The van der Waals surface area contributed by atoms with E-state index < -0.39 is 23.5 Å². The summed E-state index contributed by atoms with van der Waals surface area (Å²) in [7, 11) is 1.59. The van der Waals surface area contributed by atoms with E-state index in [-0.39, 0.29) is 36.6 Å². The van der Waals surface area contributed by atoms with E-state index in [9.17, 15) is 26.3 Å². The van der Waals surface area contributed by atoms with Crippen LogP contribution in [-0.2, 0) is 25.3 Å². The van der Waals surface area contributed by atoms with E-state index >= 15 is 0 Å². The zero-order valence-corrected chi connectivity index (χ0v) is 26.3. The molecule has 0 fully saturated rings. The van der Waals surface area contributed by atoms with Crippen LogP contribution in [0.1, 0.15) is 65.1 Å². The summed E-state index contributed by atoms with van der Waals surface area (Å²) in [5.41, 5.74) is 3.03. The minimum atomic E-state index is -4.96. The molecular formula is C34H30BrF6N3O. The predicted octanol–water partition coefficient (Wildman–Crippen LogP) is 9.86. The number of halogens is 7. The lowest BCUT2D eigenvalue weighted by Gasteiger charge is -2.30. The average molecular weight is 691 g/mol. The lowest BCUT2D eigenvalue weighted by atomic mass is 9.81. The average Bonchev–Trinajstić information content (AvgIpc) is 2.99. The van der Waals surface area contributed by atoms with E-state index in [0.29, 0.717) is 23.1 Å². The van der Waals surface area contributed by atoms with Gasteiger partial charge in [-0.3, -0.25) is 0 Å². The molecular weight excluding hydrogens is 660 g/mol. The Balaban J connectivity index is 1.68. The van der Waals surface area contributed by atoms with Crippen molar-refractivity contribution in [2.24, 2.45) is 0 Å². The third-order valence-corrected chi connectivity index (χ3v) is 8.20. The fourth-order valence-electron chi connectivity index (χ4n) is 5.58. The number of hydrogen-bond acceptors (Lipinski definition) is 4. The molecule has 5 rings (SSSR count). The highest BCUT2D eigenvalue weighted by Crippen LogP contribution is 2.42. The smallest absolute Gasteiger partial charge is 0.416 e. The van der Waals surface area contributed by atoms with Gasteiger partial charge in [-0.25, -0.2) is 9.97 Å². The number of aryl methyl sites for hydroxylation is 1. The van der Waals surface area contributed by atoms with Crippen LogP contribution >= 0.6 is 15.9 Å². The normalized spacial score (nSPS) is 13.7. The molecule has 3 aromatic carbocycles. The van der Waals surface area contributed by atoms with Crippen LogP contribution in [-0.4, -0.2) is 23.6 Å². The predicted molar refractivity (Wildman–Crippen MR) is 165 cm³/mol. The van der Waals surface area contributed by atoms with Gasteiger partial charge in [0.05, 0.1) is 22.7 Å². The second-order valence-corrected chi connectivity index (χ2v) is 12.1. The maximum atomic E-state index is 13.7. The van der Waals surface area contributed by atoms with Gasteiger partial charge in [-0.05, 0) is 98.4 Å². The Bertz CT molecular complexity index is 1680. The first kappa shape index (κ1) is 32.5. The van der Waals surface area contributed by atoms with Gasteiger partial charge in [-0.2, -0.15) is 26.3 Å². The van der Waals surface area contributed by atoms with Gasteiger partial charge in [-0.1, -0.05) is 44.2 Å². The number of ether oxygens (including phenoxy) is 1. The molecule has 0 radical (unpaired) electrons. The molecule has 11 heteroatoms. The Morgan fingerprint density at radius 1 is 0.822 bits per heavy atom. The van der Waals surface area contributed by atoms with Crippen LogP contribution < -0.4 is 9.64 Å². The lowest BCUT2D eigenvalue weighted by molar-refractivity contribution is -0.143. The van der Waals surface area contributed by atoms with E-state index in [1.165, 1.54) is 12.4 Å². The number of nitrogens with zero attached hydrogens (tertiary/aromatic N) is 3. The van der Waals surface area contributed by atoms with Crippen molar-refractivity contribution in [3.05, 3.63) is 122 Å². The summed E-state index contributed by atoms with van der Waals surface area (Å²) >= 11 is 3.30. The number of fused-ring (bicyclic) bond motifs is 1. The second-order valence-electron chi connectivity index (χ2n) is 11.2. The number of rotatable bonds is 8. The Labute approximate surface area is 265 Å². The molecule has 0 spiro atoms. The van der Waals surface area contributed by atoms with Crippen molar-refractivity contribution in [1.29, 1.82) is 0 Å². The molecule has 236 valence electrons. The maximum Gasteiger partial charge on any atom is 0.416 e. The highest BCUT2D eigenvalue weighted by Gasteiger charge is 2.37. The molecule has 0 saturated carbocycles. The topological polar surface area (TPSA) is 38.2 Å². The first-order chi connectivity index (χ1) is 21.2. The van der Waals surface area contributed by atoms with E-state index in [1.807, 2.05) is 30.3 Å². The van der Waals surface area contributed by atoms with Crippen LogP contribution in [0.4, 0.5) is 32.3 Å². The van der Waals surface area contributed by atoms with Gasteiger partial charge in [0, 0.05) is 31.0 Å². The molecule has 45 heavy (non-hydrogen) atoms. The fourth-order valence-corrected chi connectivity index (χ4v) is 5.79. The van der Waals surface area contributed by atoms with Gasteiger partial charge in [0.15, 0.2) is 0 Å². The monoisotopic (exact) mass is 689 g/mol. The molecule has 0 atom stereocenters. The van der Waals surface area contributed by atoms with Gasteiger partial charge >= 0.3 is 12.4 Å². The summed E-state index contributed by atoms with van der Waals surface area (Å²) in [6, 6.07) is 15.6. The number of hydrogen-bond donors (Lipinski definition) is 0. The maximum absolute atomic E-state index is 13.7. The Morgan fingerprint density at radius 2 is 1.47 bits per heavy atom. The van der Waals surface area contributed by atoms with Crippen LogP contribution in [0.2, 0.25) is 0 Å². The Morgan fingerprint density at radius 3 is 2.07 bits per heavy atom. The number of alkyl halides is 6. The van der Waals surface area contributed by atoms with Gasteiger partial charge < -0.3 is 9.64 Å². The quantitative estimate of drug-likeness (QED) is 0.173. The van der Waals surface area contributed by atoms with Crippen LogP contribution in [0.25, 0.3) is 5.57 Å². The van der Waals surface area contributed by atoms with Crippen molar-refractivity contribution < 1.29 is 31.1 Å². The van der Waals surface area contributed by atoms with Crippen molar-refractivity contribution >= 4 is 27.5 Å². The first-order valence-electron chi connectivity index (χ1n) is 14.2. The van der Waals surface area contributed by atoms with Gasteiger partial charge in [0.1, 0.15) is 5.75 Å². The van der Waals surface area contributed by atoms with Gasteiger partial charge in [-0.15, -0.1) is 0 Å². The van der Waals surface area contributed by atoms with Crippen LogP contribution in [0.5, 0.6) is 5.75 Å². The summed E-state index contributed by atoms with van der Waals surface area (Å²) < 4.78 is 88.7. The van der Waals surface area contributed by atoms with Crippen molar-refractivity contribution in [2.45, 2.75) is 51.5 Å². The molecule has 1 aliphatic rings. The molecule has 0 aliphatic heterocycles. The molecule has 0 unspecified atom stereocenters. The third-order valence-electron chi connectivity index (χ3n) is 7.79. The molecule has 0 N–H and O–H groups in total. The summed E-state index contributed by atoms with van der Waals surface area (Å²) in [6.45, 7) is 4.04. The molecule has 0 saturated heterocycles. The molecule has 4 nitrogen and oxygen atoms in total. The summed E-state index contributed by atoms with van der Waals surface area (Å²) in [5, 5.41) is 0. The molecule has 1 aromatic heterocycles. The van der Waals surface area contributed by atoms with Gasteiger partial charge in [0.2, 0.25) is 5.95 Å². The summed E-state index contributed by atoms with van der Waals surface area (Å²) in [4.78, 5) is 10.4. The first-order valence-corrected chi connectivity index (χ1v) is 15.0. The zero-order valence-electron chi connectivity index (χ0n) is 24.7. The van der Waals surface area contributed by atoms with Crippen molar-refractivity contribution in [3.63, 3.8) is 0 Å². The van der Waals surface area contributed by atoms with E-state index in [1.54, 1.807) is 12.0 Å². The number of aromatic nitrogens is 2. The van der Waals surface area contributed by atoms with E-state index in [0.717, 1.165) is 45.5 Å². The largest absolute Gasteiger partial charge is 0.496 e. The van der Waals surface area contributed by atoms with Crippen LogP contribution in [0.15, 0.2) is 83.1 Å². The number of benzene rings is 3. The minimum Gasteiger partial charge on any atom is -0.496 e. The molecule has 0 bridgehead atoms. The second kappa shape index (κ2) is 12.9. The minimum absolute atomic E-state index is 0.136. The number of anilines is 1. The van der Waals surface area contributed by atoms with E-state index in [2.05, 4.69) is 51.9 Å². The summed E-state index contributed by atoms with van der Waals surface area (Å²) in [6.07, 6.45) is -5.64. The zero-order chi connectivity index (χ0) is 32.5. The Hall–Kier alpha value is -3.86. The third kappa shape index (κ3) is 7.35. The van der Waals surface area contributed by atoms with Crippen LogP contribution in [0.3, 0.4) is 0 Å². The number of methoxy groups -OCH3 is 1. The highest BCUT2D eigenvalue weighted by atomic mass is 79.9. The molecule has 4 aromatic rings. The summed E-state index contributed by atoms with van der Waals surface area (Å²) in [5.74, 6) is 1.05. The molecule has 0 amide bonds. The van der Waals surface area contributed by atoms with E-state index in [4.69, 9.17) is 4.74 Å². The highest BCUT2D eigenvalue weighted by molar-refractivity contribution is 9.10. The standard InChI is InChI=1S/C34H30BrF6N3O/c1-20(2)23-10-11-30(45-3)29(14-23)31-24(9-8-22-6-4-5-7-28(22)31)19-44(32-42-16-27(35)17-43-32)18-21-12-25(33(36,37)38)15-26(13-21)34(39,40)41/h4-7,10-17,20H,8-9,18-19H2,1-3H3. The van der Waals surface area contributed by atoms with Crippen molar-refractivity contribution in [3.8, 4) is 5.75 Å². The molecule has 1 aliphatic carbocycles. The Kier molecular flexibility index (Phi) is 9.30. The fraction of sp³-hybridized carbons (Fsp3) is 0.294. The SMILES string of the molecule is COc1ccc(C(C)C)cc1C1=C(CN(Cc2cc(C(F)(F)F)cc(C(F)(F)F)c2)c2ncc(Br)cn2)CCc2ccccc21. The van der Waals surface area contributed by atoms with Gasteiger partial charge in [0.25, 0.3) is 0 Å².